The van der Waals surface area contributed by atoms with Crippen LogP contribution in [0, 0.1) is 5.82 Å². The Morgan fingerprint density at radius 3 is 2.90 bits per heavy atom. The molecule has 1 aromatic carbocycles. The Hall–Kier alpha value is -0.940. The number of rotatable bonds is 2. The normalized spacial score (nSPS) is 25.9. The van der Waals surface area contributed by atoms with E-state index in [2.05, 4.69) is 21.2 Å². The molecular formula is C15H18BrFN2O. The van der Waals surface area contributed by atoms with E-state index in [0.717, 1.165) is 41.4 Å². The minimum absolute atomic E-state index is 0.108. The Morgan fingerprint density at radius 1 is 1.35 bits per heavy atom. The highest BCUT2D eigenvalue weighted by molar-refractivity contribution is 9.10. The molecule has 3 nitrogen and oxygen atoms in total. The largest absolute Gasteiger partial charge is 0.344 e. The molecule has 5 heteroatoms. The van der Waals surface area contributed by atoms with Crippen molar-refractivity contribution in [2.45, 2.75) is 37.8 Å². The number of likely N-dealkylation sites (N-methyl/N-ethyl adjacent to an activating group) is 1. The number of hydrogen-bond donors (Lipinski definition) is 1. The molecule has 2 atom stereocenters. The van der Waals surface area contributed by atoms with Crippen molar-refractivity contribution in [1.82, 2.24) is 10.2 Å². The van der Waals surface area contributed by atoms with Crippen LogP contribution in [0.25, 0.3) is 0 Å². The summed E-state index contributed by atoms with van der Waals surface area (Å²) in [5.41, 5.74) is 1.89. The molecule has 1 N–H and O–H groups in total. The zero-order valence-electron chi connectivity index (χ0n) is 11.5. The van der Waals surface area contributed by atoms with E-state index < -0.39 is 0 Å². The summed E-state index contributed by atoms with van der Waals surface area (Å²) < 4.78 is 14.8. The van der Waals surface area contributed by atoms with Gasteiger partial charge in [-0.3, -0.25) is 4.79 Å². The van der Waals surface area contributed by atoms with E-state index in [0.29, 0.717) is 12.5 Å². The minimum Gasteiger partial charge on any atom is -0.344 e. The number of halogens is 2. The van der Waals surface area contributed by atoms with Crippen LogP contribution in [0.15, 0.2) is 16.6 Å². The summed E-state index contributed by atoms with van der Waals surface area (Å²) in [6.45, 7) is 0.734. The molecule has 3 rings (SSSR count). The maximum atomic E-state index is 13.8. The first-order valence-corrected chi connectivity index (χ1v) is 7.82. The van der Waals surface area contributed by atoms with Crippen molar-refractivity contribution in [2.24, 2.45) is 0 Å². The predicted octanol–water partition coefficient (Wildman–Crippen LogP) is 2.79. The second-order valence-electron chi connectivity index (χ2n) is 5.69. The third-order valence-electron chi connectivity index (χ3n) is 4.34. The quantitative estimate of drug-likeness (QED) is 0.897. The maximum Gasteiger partial charge on any atom is 0.222 e. The molecule has 1 aliphatic carbocycles. The number of carbonyl (C=O) groups excluding carboxylic acids is 1. The summed E-state index contributed by atoms with van der Waals surface area (Å²) in [5.74, 6) is 0.102. The van der Waals surface area contributed by atoms with Gasteiger partial charge in [-0.15, -0.1) is 0 Å². The number of amides is 1. The van der Waals surface area contributed by atoms with Gasteiger partial charge in [-0.25, -0.2) is 4.39 Å². The standard InChI is InChI=1S/C15H18BrFN2O/c1-19-8-9(2-7-14(19)20)18-13-6-3-10-12(17)5-4-11(16)15(10)13/h4-5,9,13,18H,2-3,6-8H2,1H3. The van der Waals surface area contributed by atoms with E-state index >= 15 is 0 Å². The zero-order valence-corrected chi connectivity index (χ0v) is 13.0. The second kappa shape index (κ2) is 5.45. The topological polar surface area (TPSA) is 32.3 Å². The molecule has 1 heterocycles. The van der Waals surface area contributed by atoms with Gasteiger partial charge in [0.1, 0.15) is 5.82 Å². The number of likely N-dealkylation sites (tertiary alicyclic amines) is 1. The van der Waals surface area contributed by atoms with Gasteiger partial charge in [0.05, 0.1) is 0 Å². The first kappa shape index (κ1) is 14.0. The molecule has 0 spiro atoms. The maximum absolute atomic E-state index is 13.8. The third kappa shape index (κ3) is 2.49. The molecule has 1 fully saturated rings. The fraction of sp³-hybridized carbons (Fsp3) is 0.533. The van der Waals surface area contributed by atoms with E-state index in [4.69, 9.17) is 0 Å². The van der Waals surface area contributed by atoms with Crippen LogP contribution < -0.4 is 5.32 Å². The minimum atomic E-state index is -0.108. The van der Waals surface area contributed by atoms with Crippen LogP contribution in [0.3, 0.4) is 0 Å². The summed E-state index contributed by atoms with van der Waals surface area (Å²) >= 11 is 3.54. The van der Waals surface area contributed by atoms with Gasteiger partial charge in [0.25, 0.3) is 0 Å². The van der Waals surface area contributed by atoms with Crippen molar-refractivity contribution in [2.75, 3.05) is 13.6 Å². The average Bonchev–Trinajstić information content (AvgIpc) is 2.83. The Morgan fingerprint density at radius 2 is 2.15 bits per heavy atom. The second-order valence-corrected chi connectivity index (χ2v) is 6.54. The van der Waals surface area contributed by atoms with Gasteiger partial charge in [-0.1, -0.05) is 15.9 Å². The number of piperidine rings is 1. The fourth-order valence-corrected chi connectivity index (χ4v) is 3.92. The molecule has 0 bridgehead atoms. The Bertz CT molecular complexity index is 549. The highest BCUT2D eigenvalue weighted by Crippen LogP contribution is 2.38. The first-order valence-electron chi connectivity index (χ1n) is 7.03. The lowest BCUT2D eigenvalue weighted by Gasteiger charge is -2.32. The third-order valence-corrected chi connectivity index (χ3v) is 5.03. The summed E-state index contributed by atoms with van der Waals surface area (Å²) in [6.07, 6.45) is 3.16. The number of nitrogens with zero attached hydrogens (tertiary/aromatic N) is 1. The van der Waals surface area contributed by atoms with Crippen molar-refractivity contribution in [3.63, 3.8) is 0 Å². The Balaban J connectivity index is 1.76. The molecule has 2 aliphatic rings. The zero-order chi connectivity index (χ0) is 14.3. The summed E-state index contributed by atoms with van der Waals surface area (Å²) in [4.78, 5) is 13.3. The molecule has 108 valence electrons. The van der Waals surface area contributed by atoms with Gasteiger partial charge < -0.3 is 10.2 Å². The smallest absolute Gasteiger partial charge is 0.222 e. The molecule has 0 radical (unpaired) electrons. The summed E-state index contributed by atoms with van der Waals surface area (Å²) in [5, 5.41) is 3.60. The molecule has 20 heavy (non-hydrogen) atoms. The van der Waals surface area contributed by atoms with Crippen molar-refractivity contribution < 1.29 is 9.18 Å². The lowest BCUT2D eigenvalue weighted by Crippen LogP contribution is -2.47. The molecule has 2 unspecified atom stereocenters. The van der Waals surface area contributed by atoms with Gasteiger partial charge in [-0.05, 0) is 42.5 Å². The molecule has 1 saturated heterocycles. The van der Waals surface area contributed by atoms with Crippen LogP contribution in [0.4, 0.5) is 4.39 Å². The molecule has 1 aromatic rings. The monoisotopic (exact) mass is 340 g/mol. The van der Waals surface area contributed by atoms with E-state index in [1.54, 1.807) is 11.0 Å². The summed E-state index contributed by atoms with van der Waals surface area (Å²) in [7, 11) is 1.84. The highest BCUT2D eigenvalue weighted by Gasteiger charge is 2.31. The molecular weight excluding hydrogens is 323 g/mol. The molecule has 1 amide bonds. The molecule has 0 aromatic heterocycles. The SMILES string of the molecule is CN1CC(NC2CCc3c(F)ccc(Br)c32)CCC1=O. The van der Waals surface area contributed by atoms with Gasteiger partial charge >= 0.3 is 0 Å². The van der Waals surface area contributed by atoms with E-state index in [1.165, 1.54) is 6.07 Å². The van der Waals surface area contributed by atoms with Crippen molar-refractivity contribution in [1.29, 1.82) is 0 Å². The Labute approximate surface area is 126 Å². The van der Waals surface area contributed by atoms with Crippen LogP contribution in [-0.4, -0.2) is 30.4 Å². The van der Waals surface area contributed by atoms with Crippen molar-refractivity contribution in [3.05, 3.63) is 33.5 Å². The van der Waals surface area contributed by atoms with Gasteiger partial charge in [0.15, 0.2) is 0 Å². The van der Waals surface area contributed by atoms with Crippen molar-refractivity contribution >= 4 is 21.8 Å². The fourth-order valence-electron chi connectivity index (χ4n) is 3.27. The number of benzene rings is 1. The number of hydrogen-bond acceptors (Lipinski definition) is 2. The van der Waals surface area contributed by atoms with Crippen molar-refractivity contribution in [3.8, 4) is 0 Å². The van der Waals surface area contributed by atoms with Crippen LogP contribution in [0.1, 0.15) is 36.4 Å². The van der Waals surface area contributed by atoms with Crippen LogP contribution in [0.2, 0.25) is 0 Å². The predicted molar refractivity (Wildman–Crippen MR) is 79.0 cm³/mol. The number of fused-ring (bicyclic) bond motifs is 1. The lowest BCUT2D eigenvalue weighted by molar-refractivity contribution is -0.132. The first-order chi connectivity index (χ1) is 9.56. The number of carbonyl (C=O) groups is 1. The Kier molecular flexibility index (Phi) is 3.82. The van der Waals surface area contributed by atoms with Crippen LogP contribution in [-0.2, 0) is 11.2 Å². The van der Waals surface area contributed by atoms with Crippen LogP contribution >= 0.6 is 15.9 Å². The van der Waals surface area contributed by atoms with E-state index in [-0.39, 0.29) is 17.8 Å². The lowest BCUT2D eigenvalue weighted by atomic mass is 10.0. The van der Waals surface area contributed by atoms with Crippen LogP contribution in [0.5, 0.6) is 0 Å². The average molecular weight is 341 g/mol. The molecule has 0 saturated carbocycles. The van der Waals surface area contributed by atoms with E-state index in [1.807, 2.05) is 7.05 Å². The highest BCUT2D eigenvalue weighted by atomic mass is 79.9. The van der Waals surface area contributed by atoms with Gasteiger partial charge in [0, 0.05) is 36.6 Å². The number of nitrogens with one attached hydrogen (secondary N) is 1. The summed E-state index contributed by atoms with van der Waals surface area (Å²) in [6, 6.07) is 3.79. The molecule has 1 aliphatic heterocycles. The van der Waals surface area contributed by atoms with Gasteiger partial charge in [0.2, 0.25) is 5.91 Å². The van der Waals surface area contributed by atoms with Gasteiger partial charge in [-0.2, -0.15) is 0 Å². The van der Waals surface area contributed by atoms with E-state index in [9.17, 15) is 9.18 Å².